The molecule has 2 N–H and O–H groups in total. The Labute approximate surface area is 190 Å². The Balaban J connectivity index is 1.59. The van der Waals surface area contributed by atoms with Crippen LogP contribution in [0.2, 0.25) is 0 Å². The summed E-state index contributed by atoms with van der Waals surface area (Å²) in [6, 6.07) is 26.4. The van der Waals surface area contributed by atoms with Crippen LogP contribution in [0, 0.1) is 0 Å². The third-order valence-corrected chi connectivity index (χ3v) is 5.65. The monoisotopic (exact) mass is 434 g/mol. The second kappa shape index (κ2) is 12.0. The molecule has 0 spiro atoms. The second-order valence-corrected chi connectivity index (χ2v) is 7.83. The van der Waals surface area contributed by atoms with Crippen LogP contribution < -0.4 is 10.1 Å². The van der Waals surface area contributed by atoms with Gasteiger partial charge in [0.2, 0.25) is 0 Å². The zero-order valence-electron chi connectivity index (χ0n) is 18.0. The Hall–Kier alpha value is -3.05. The summed E-state index contributed by atoms with van der Waals surface area (Å²) in [6.07, 6.45) is 2.68. The van der Waals surface area contributed by atoms with Gasteiger partial charge in [0.1, 0.15) is 0 Å². The molecule has 0 aliphatic heterocycles. The molecule has 3 rings (SSSR count). The predicted octanol–water partition coefficient (Wildman–Crippen LogP) is 4.61. The number of ether oxygens (including phenoxy) is 1. The summed E-state index contributed by atoms with van der Waals surface area (Å²) in [5.74, 6) is 0.655. The maximum Gasteiger partial charge on any atom is 0.168 e. The molecule has 3 aromatic carbocycles. The van der Waals surface area contributed by atoms with E-state index in [1.807, 2.05) is 24.3 Å². The van der Waals surface area contributed by atoms with Crippen molar-refractivity contribution in [2.75, 3.05) is 26.7 Å². The van der Waals surface area contributed by atoms with E-state index in [1.54, 1.807) is 13.2 Å². The van der Waals surface area contributed by atoms with Crippen molar-refractivity contribution in [2.24, 2.45) is 0 Å². The van der Waals surface area contributed by atoms with Gasteiger partial charge in [-0.3, -0.25) is 0 Å². The first-order valence-corrected chi connectivity index (χ1v) is 11.0. The van der Waals surface area contributed by atoms with E-state index < -0.39 is 0 Å². The topological polar surface area (TPSA) is 44.7 Å². The van der Waals surface area contributed by atoms with Crippen LogP contribution in [-0.2, 0) is 19.3 Å². The quantitative estimate of drug-likeness (QED) is 0.457. The van der Waals surface area contributed by atoms with E-state index in [2.05, 4.69) is 58.7 Å². The van der Waals surface area contributed by atoms with Gasteiger partial charge >= 0.3 is 0 Å². The molecule has 162 valence electrons. The predicted molar refractivity (Wildman–Crippen MR) is 131 cm³/mol. The minimum absolute atomic E-state index is 0.158. The lowest BCUT2D eigenvalue weighted by atomic mass is 10.1. The largest absolute Gasteiger partial charge is 0.504 e. The normalized spacial score (nSPS) is 10.5. The molecule has 0 aliphatic rings. The lowest BCUT2D eigenvalue weighted by molar-refractivity contribution is 0.372. The van der Waals surface area contributed by atoms with Gasteiger partial charge in [0.25, 0.3) is 0 Å². The van der Waals surface area contributed by atoms with Gasteiger partial charge in [-0.2, -0.15) is 0 Å². The summed E-state index contributed by atoms with van der Waals surface area (Å²) in [7, 11) is 1.57. The fourth-order valence-corrected chi connectivity index (χ4v) is 3.72. The van der Waals surface area contributed by atoms with Crippen molar-refractivity contribution in [1.82, 2.24) is 10.2 Å². The number of nitrogens with one attached hydrogen (secondary N) is 1. The van der Waals surface area contributed by atoms with Crippen molar-refractivity contribution in [3.8, 4) is 11.5 Å². The molecule has 0 atom stereocenters. The van der Waals surface area contributed by atoms with Crippen LogP contribution >= 0.6 is 12.2 Å². The van der Waals surface area contributed by atoms with Crippen molar-refractivity contribution >= 4 is 17.3 Å². The molecular formula is C26H30N2O2S. The Morgan fingerprint density at radius 1 is 0.839 bits per heavy atom. The van der Waals surface area contributed by atoms with Gasteiger partial charge in [0, 0.05) is 19.6 Å². The molecule has 0 saturated carbocycles. The molecule has 0 amide bonds. The highest BCUT2D eigenvalue weighted by Crippen LogP contribution is 2.26. The molecule has 0 radical (unpaired) electrons. The number of phenolic OH excluding ortho intramolecular Hbond substituents is 1. The van der Waals surface area contributed by atoms with Crippen molar-refractivity contribution in [3.05, 3.63) is 95.6 Å². The Kier molecular flexibility index (Phi) is 8.73. The number of nitrogens with zero attached hydrogens (tertiary/aromatic N) is 1. The maximum atomic E-state index is 9.84. The van der Waals surface area contributed by atoms with Crippen LogP contribution in [0.5, 0.6) is 11.5 Å². The van der Waals surface area contributed by atoms with Crippen LogP contribution in [0.1, 0.15) is 16.7 Å². The second-order valence-electron chi connectivity index (χ2n) is 7.45. The van der Waals surface area contributed by atoms with E-state index >= 15 is 0 Å². The summed E-state index contributed by atoms with van der Waals surface area (Å²) in [5, 5.41) is 14.0. The Morgan fingerprint density at radius 3 is 2.03 bits per heavy atom. The standard InChI is InChI=1S/C26H30N2O2S/c1-30-25-20-23(12-13-24(25)29)16-19-28(18-15-22-10-6-3-7-11-22)26(31)27-17-14-21-8-4-2-5-9-21/h2-13,20,29H,14-19H2,1H3,(H,27,31). The molecule has 0 saturated heterocycles. The smallest absolute Gasteiger partial charge is 0.168 e. The van der Waals surface area contributed by atoms with Crippen molar-refractivity contribution in [1.29, 1.82) is 0 Å². The SMILES string of the molecule is COc1cc(CCN(CCc2ccccc2)C(=S)NCCc2ccccc2)ccc1O. The minimum atomic E-state index is 0.158. The molecule has 0 unspecified atom stereocenters. The molecule has 5 heteroatoms. The maximum absolute atomic E-state index is 9.84. The van der Waals surface area contributed by atoms with Crippen LogP contribution in [0.3, 0.4) is 0 Å². The van der Waals surface area contributed by atoms with Crippen LogP contribution in [-0.4, -0.2) is 41.9 Å². The summed E-state index contributed by atoms with van der Waals surface area (Å²) in [5.41, 5.74) is 3.70. The number of phenols is 1. The van der Waals surface area contributed by atoms with Crippen molar-refractivity contribution in [2.45, 2.75) is 19.3 Å². The molecule has 31 heavy (non-hydrogen) atoms. The molecule has 0 aromatic heterocycles. The van der Waals surface area contributed by atoms with Gasteiger partial charge in [-0.25, -0.2) is 0 Å². The van der Waals surface area contributed by atoms with Crippen LogP contribution in [0.25, 0.3) is 0 Å². The van der Waals surface area contributed by atoms with Crippen LogP contribution in [0.15, 0.2) is 78.9 Å². The average Bonchev–Trinajstić information content (AvgIpc) is 2.81. The van der Waals surface area contributed by atoms with Crippen molar-refractivity contribution < 1.29 is 9.84 Å². The van der Waals surface area contributed by atoms with Gasteiger partial charge in [-0.1, -0.05) is 66.7 Å². The molecular weight excluding hydrogens is 404 g/mol. The highest BCUT2D eigenvalue weighted by molar-refractivity contribution is 7.80. The number of hydrogen-bond acceptors (Lipinski definition) is 3. The van der Waals surface area contributed by atoms with E-state index in [0.717, 1.165) is 49.6 Å². The van der Waals surface area contributed by atoms with Gasteiger partial charge in [-0.05, 0) is 60.3 Å². The highest BCUT2D eigenvalue weighted by Gasteiger charge is 2.11. The number of thiocarbonyl (C=S) groups is 1. The number of hydrogen-bond donors (Lipinski definition) is 2. The molecule has 4 nitrogen and oxygen atoms in total. The average molecular weight is 435 g/mol. The van der Waals surface area contributed by atoms with Gasteiger partial charge in [-0.15, -0.1) is 0 Å². The third kappa shape index (κ3) is 7.30. The van der Waals surface area contributed by atoms with E-state index in [1.165, 1.54) is 11.1 Å². The Morgan fingerprint density at radius 2 is 1.42 bits per heavy atom. The molecule has 0 fully saturated rings. The molecule has 0 aliphatic carbocycles. The first-order valence-electron chi connectivity index (χ1n) is 10.6. The first-order chi connectivity index (χ1) is 15.2. The van der Waals surface area contributed by atoms with Gasteiger partial charge in [0.05, 0.1) is 7.11 Å². The van der Waals surface area contributed by atoms with E-state index in [-0.39, 0.29) is 5.75 Å². The molecule has 0 bridgehead atoms. The number of rotatable bonds is 10. The van der Waals surface area contributed by atoms with E-state index in [0.29, 0.717) is 5.75 Å². The lowest BCUT2D eigenvalue weighted by Gasteiger charge is -2.26. The third-order valence-electron chi connectivity index (χ3n) is 5.25. The molecule has 3 aromatic rings. The minimum Gasteiger partial charge on any atom is -0.504 e. The van der Waals surface area contributed by atoms with Crippen molar-refractivity contribution in [3.63, 3.8) is 0 Å². The van der Waals surface area contributed by atoms with Gasteiger partial charge < -0.3 is 20.1 Å². The number of methoxy groups -OCH3 is 1. The lowest BCUT2D eigenvalue weighted by Crippen LogP contribution is -2.42. The zero-order valence-corrected chi connectivity index (χ0v) is 18.8. The van der Waals surface area contributed by atoms with E-state index in [9.17, 15) is 5.11 Å². The summed E-state index contributed by atoms with van der Waals surface area (Å²) in [4.78, 5) is 2.23. The summed E-state index contributed by atoms with van der Waals surface area (Å²) < 4.78 is 5.24. The van der Waals surface area contributed by atoms with E-state index in [4.69, 9.17) is 17.0 Å². The molecule has 0 heterocycles. The summed E-state index contributed by atoms with van der Waals surface area (Å²) in [6.45, 7) is 2.44. The number of benzene rings is 3. The highest BCUT2D eigenvalue weighted by atomic mass is 32.1. The van der Waals surface area contributed by atoms with Crippen LogP contribution in [0.4, 0.5) is 0 Å². The first kappa shape index (κ1) is 22.6. The zero-order chi connectivity index (χ0) is 21.9. The fourth-order valence-electron chi connectivity index (χ4n) is 3.44. The fraction of sp³-hybridized carbons (Fsp3) is 0.269. The number of aromatic hydroxyl groups is 1. The Bertz CT molecular complexity index is 948. The summed E-state index contributed by atoms with van der Waals surface area (Å²) >= 11 is 5.74. The van der Waals surface area contributed by atoms with Gasteiger partial charge in [0.15, 0.2) is 16.6 Å².